The molecule has 1 amide bonds. The van der Waals surface area contributed by atoms with E-state index in [9.17, 15) is 4.79 Å². The molecule has 0 aliphatic heterocycles. The molecule has 1 N–H and O–H groups in total. The van der Waals surface area contributed by atoms with E-state index in [1.807, 2.05) is 36.9 Å². The number of hydrogen-bond donors (Lipinski definition) is 1. The Morgan fingerprint density at radius 1 is 1.33 bits per heavy atom. The topological polar surface area (TPSA) is 45.3 Å². The van der Waals surface area contributed by atoms with E-state index in [0.29, 0.717) is 13.2 Å². The molecule has 1 heterocycles. The van der Waals surface area contributed by atoms with Crippen molar-refractivity contribution in [2.75, 3.05) is 20.3 Å². The smallest absolute Gasteiger partial charge is 0.254 e. The van der Waals surface area contributed by atoms with Gasteiger partial charge in [-0.3, -0.25) is 4.79 Å². The fraction of sp³-hybridized carbons (Fsp3) is 0.471. The van der Waals surface area contributed by atoms with Crippen molar-refractivity contribution in [1.82, 2.24) is 9.88 Å². The summed E-state index contributed by atoms with van der Waals surface area (Å²) in [5, 5.41) is 1.12. The van der Waals surface area contributed by atoms with Crippen LogP contribution in [0.4, 0.5) is 0 Å². The standard InChI is InChI=1S/C17H24N2O2/c1-11(2)19(8-9-21-5)17(20)14-6-7-16-15(10-14)12(3)13(4)18-16/h6-7,10-11,18H,8-9H2,1-5H3. The zero-order chi connectivity index (χ0) is 15.6. The zero-order valence-electron chi connectivity index (χ0n) is 13.5. The zero-order valence-corrected chi connectivity index (χ0v) is 13.5. The lowest BCUT2D eigenvalue weighted by Crippen LogP contribution is -2.39. The van der Waals surface area contributed by atoms with Crippen LogP contribution in [0.3, 0.4) is 0 Å². The van der Waals surface area contributed by atoms with Crippen molar-refractivity contribution in [3.63, 3.8) is 0 Å². The van der Waals surface area contributed by atoms with Gasteiger partial charge in [-0.25, -0.2) is 0 Å². The molecule has 0 atom stereocenters. The maximum Gasteiger partial charge on any atom is 0.254 e. The number of fused-ring (bicyclic) bond motifs is 1. The quantitative estimate of drug-likeness (QED) is 0.917. The van der Waals surface area contributed by atoms with Crippen LogP contribution in [-0.4, -0.2) is 42.1 Å². The second kappa shape index (κ2) is 6.31. The summed E-state index contributed by atoms with van der Waals surface area (Å²) in [6, 6.07) is 6.01. The molecule has 21 heavy (non-hydrogen) atoms. The van der Waals surface area contributed by atoms with Crippen molar-refractivity contribution in [1.29, 1.82) is 0 Å². The lowest BCUT2D eigenvalue weighted by atomic mass is 10.1. The van der Waals surface area contributed by atoms with Gasteiger partial charge in [0.25, 0.3) is 5.91 Å². The van der Waals surface area contributed by atoms with E-state index in [2.05, 4.69) is 18.8 Å². The van der Waals surface area contributed by atoms with E-state index in [0.717, 1.165) is 22.2 Å². The van der Waals surface area contributed by atoms with Gasteiger partial charge in [0.05, 0.1) is 6.61 Å². The van der Waals surface area contributed by atoms with E-state index in [1.165, 1.54) is 5.56 Å². The number of hydrogen-bond acceptors (Lipinski definition) is 2. The minimum absolute atomic E-state index is 0.0576. The molecule has 1 aromatic carbocycles. The summed E-state index contributed by atoms with van der Waals surface area (Å²) in [4.78, 5) is 17.9. The molecule has 2 rings (SSSR count). The summed E-state index contributed by atoms with van der Waals surface area (Å²) >= 11 is 0. The van der Waals surface area contributed by atoms with Gasteiger partial charge < -0.3 is 14.6 Å². The molecule has 0 spiro atoms. The highest BCUT2D eigenvalue weighted by Crippen LogP contribution is 2.23. The fourth-order valence-corrected chi connectivity index (χ4v) is 2.54. The first-order valence-corrected chi connectivity index (χ1v) is 7.34. The molecule has 0 unspecified atom stereocenters. The van der Waals surface area contributed by atoms with Crippen molar-refractivity contribution in [2.45, 2.75) is 33.7 Å². The van der Waals surface area contributed by atoms with Crippen molar-refractivity contribution in [3.8, 4) is 0 Å². The second-order valence-electron chi connectivity index (χ2n) is 5.72. The van der Waals surface area contributed by atoms with Crippen LogP contribution in [0.1, 0.15) is 35.5 Å². The van der Waals surface area contributed by atoms with Crippen molar-refractivity contribution < 1.29 is 9.53 Å². The number of ether oxygens (including phenoxy) is 1. The molecule has 0 saturated heterocycles. The third-order valence-corrected chi connectivity index (χ3v) is 3.98. The number of H-pyrrole nitrogens is 1. The highest BCUT2D eigenvalue weighted by Gasteiger charge is 2.19. The van der Waals surface area contributed by atoms with Gasteiger partial charge in [0.2, 0.25) is 0 Å². The number of carbonyl (C=O) groups excluding carboxylic acids is 1. The van der Waals surface area contributed by atoms with Crippen LogP contribution in [0.5, 0.6) is 0 Å². The van der Waals surface area contributed by atoms with Crippen LogP contribution < -0.4 is 0 Å². The predicted octanol–water partition coefficient (Wildman–Crippen LogP) is 3.28. The maximum atomic E-state index is 12.7. The van der Waals surface area contributed by atoms with Crippen LogP contribution in [-0.2, 0) is 4.74 Å². The molecule has 0 aliphatic carbocycles. The van der Waals surface area contributed by atoms with Gasteiger partial charge in [-0.05, 0) is 51.5 Å². The molecule has 4 nitrogen and oxygen atoms in total. The third kappa shape index (κ3) is 3.10. The van der Waals surface area contributed by atoms with E-state index < -0.39 is 0 Å². The molecule has 2 aromatic rings. The van der Waals surface area contributed by atoms with E-state index in [-0.39, 0.29) is 11.9 Å². The summed E-state index contributed by atoms with van der Waals surface area (Å²) in [7, 11) is 1.65. The number of methoxy groups -OCH3 is 1. The summed E-state index contributed by atoms with van der Waals surface area (Å²) < 4.78 is 5.10. The average Bonchev–Trinajstić information content (AvgIpc) is 2.73. The number of carbonyl (C=O) groups is 1. The van der Waals surface area contributed by atoms with Crippen LogP contribution in [0, 0.1) is 13.8 Å². The first-order valence-electron chi connectivity index (χ1n) is 7.34. The van der Waals surface area contributed by atoms with Crippen LogP contribution >= 0.6 is 0 Å². The lowest BCUT2D eigenvalue weighted by Gasteiger charge is -2.26. The number of rotatable bonds is 5. The molecule has 0 aliphatic rings. The minimum Gasteiger partial charge on any atom is -0.383 e. The molecular weight excluding hydrogens is 264 g/mol. The van der Waals surface area contributed by atoms with E-state index >= 15 is 0 Å². The Bertz CT molecular complexity index is 644. The summed E-state index contributed by atoms with van der Waals surface area (Å²) in [6.45, 7) is 9.34. The van der Waals surface area contributed by atoms with Crippen molar-refractivity contribution >= 4 is 16.8 Å². The molecule has 4 heteroatoms. The summed E-state index contributed by atoms with van der Waals surface area (Å²) in [5.74, 6) is 0.0576. The Morgan fingerprint density at radius 2 is 2.05 bits per heavy atom. The lowest BCUT2D eigenvalue weighted by molar-refractivity contribution is 0.0635. The van der Waals surface area contributed by atoms with Crippen molar-refractivity contribution in [2.24, 2.45) is 0 Å². The van der Waals surface area contributed by atoms with E-state index in [1.54, 1.807) is 7.11 Å². The molecule has 0 bridgehead atoms. The number of nitrogens with zero attached hydrogens (tertiary/aromatic N) is 1. The van der Waals surface area contributed by atoms with Gasteiger partial charge in [0.15, 0.2) is 0 Å². The number of aryl methyl sites for hydroxylation is 2. The Hall–Kier alpha value is -1.81. The van der Waals surface area contributed by atoms with E-state index in [4.69, 9.17) is 4.74 Å². The van der Waals surface area contributed by atoms with Gasteiger partial charge in [-0.15, -0.1) is 0 Å². The Morgan fingerprint density at radius 3 is 2.67 bits per heavy atom. The van der Waals surface area contributed by atoms with Crippen LogP contribution in [0.15, 0.2) is 18.2 Å². The van der Waals surface area contributed by atoms with Crippen molar-refractivity contribution in [3.05, 3.63) is 35.0 Å². The molecule has 0 saturated carbocycles. The number of amides is 1. The molecule has 114 valence electrons. The molecule has 1 aromatic heterocycles. The summed E-state index contributed by atoms with van der Waals surface area (Å²) in [6.07, 6.45) is 0. The highest BCUT2D eigenvalue weighted by molar-refractivity contribution is 5.99. The first kappa shape index (κ1) is 15.6. The van der Waals surface area contributed by atoms with Crippen LogP contribution in [0.2, 0.25) is 0 Å². The van der Waals surface area contributed by atoms with Gasteiger partial charge in [-0.2, -0.15) is 0 Å². The predicted molar refractivity (Wildman–Crippen MR) is 85.8 cm³/mol. The highest BCUT2D eigenvalue weighted by atomic mass is 16.5. The largest absolute Gasteiger partial charge is 0.383 e. The third-order valence-electron chi connectivity index (χ3n) is 3.98. The van der Waals surface area contributed by atoms with Gasteiger partial charge >= 0.3 is 0 Å². The van der Waals surface area contributed by atoms with Gasteiger partial charge in [-0.1, -0.05) is 0 Å². The van der Waals surface area contributed by atoms with Gasteiger partial charge in [0.1, 0.15) is 0 Å². The number of aromatic amines is 1. The Kier molecular flexibility index (Phi) is 4.68. The summed E-state index contributed by atoms with van der Waals surface area (Å²) in [5.41, 5.74) is 4.16. The second-order valence-corrected chi connectivity index (χ2v) is 5.72. The fourth-order valence-electron chi connectivity index (χ4n) is 2.54. The average molecular weight is 288 g/mol. The molecular formula is C17H24N2O2. The Balaban J connectivity index is 2.35. The normalized spacial score (nSPS) is 11.3. The number of benzene rings is 1. The SMILES string of the molecule is COCCN(C(=O)c1ccc2[nH]c(C)c(C)c2c1)C(C)C. The maximum absolute atomic E-state index is 12.7. The molecule has 0 fully saturated rings. The number of aromatic nitrogens is 1. The van der Waals surface area contributed by atoms with Gasteiger partial charge in [0, 0.05) is 41.9 Å². The molecule has 0 radical (unpaired) electrons. The van der Waals surface area contributed by atoms with Crippen LogP contribution in [0.25, 0.3) is 10.9 Å². The monoisotopic (exact) mass is 288 g/mol. The first-order chi connectivity index (χ1) is 9.95. The Labute approximate surface area is 126 Å². The minimum atomic E-state index is 0.0576. The number of nitrogens with one attached hydrogen (secondary N) is 1.